The molecule has 19 heavy (non-hydrogen) atoms. The van der Waals surface area contributed by atoms with Gasteiger partial charge in [-0.2, -0.15) is 13.2 Å². The summed E-state index contributed by atoms with van der Waals surface area (Å²) in [4.78, 5) is 12.0. The third kappa shape index (κ3) is 4.67. The molecule has 0 radical (unpaired) electrons. The number of amides is 1. The van der Waals surface area contributed by atoms with Gasteiger partial charge in [0.15, 0.2) is 0 Å². The zero-order valence-electron chi connectivity index (χ0n) is 11.3. The maximum atomic E-state index is 12.7. The average molecular weight is 281 g/mol. The van der Waals surface area contributed by atoms with Crippen LogP contribution < -0.4 is 5.32 Å². The number of nitrogens with one attached hydrogen (secondary N) is 1. The van der Waals surface area contributed by atoms with Crippen molar-refractivity contribution in [3.05, 3.63) is 0 Å². The van der Waals surface area contributed by atoms with Gasteiger partial charge in [-0.15, -0.1) is 0 Å². The predicted molar refractivity (Wildman–Crippen MR) is 65.4 cm³/mol. The van der Waals surface area contributed by atoms with Gasteiger partial charge in [-0.05, 0) is 25.2 Å². The van der Waals surface area contributed by atoms with Crippen LogP contribution >= 0.6 is 0 Å². The van der Waals surface area contributed by atoms with Gasteiger partial charge in [0, 0.05) is 5.92 Å². The van der Waals surface area contributed by atoms with Gasteiger partial charge >= 0.3 is 6.18 Å². The standard InChI is InChI=1S/C13H22F3NO2/c1-8(2)11(7-18)17-12(19)9-4-3-5-10(6-9)13(14,15)16/h8-11,18H,3-7H2,1-2H3,(H,17,19). The van der Waals surface area contributed by atoms with Crippen LogP contribution in [-0.2, 0) is 4.79 Å². The van der Waals surface area contributed by atoms with E-state index in [1.807, 2.05) is 13.8 Å². The predicted octanol–water partition coefficient (Wildman–Crippen LogP) is 2.49. The van der Waals surface area contributed by atoms with E-state index >= 15 is 0 Å². The van der Waals surface area contributed by atoms with Crippen molar-refractivity contribution in [2.75, 3.05) is 6.61 Å². The Morgan fingerprint density at radius 3 is 2.47 bits per heavy atom. The van der Waals surface area contributed by atoms with Crippen LogP contribution in [0.3, 0.4) is 0 Å². The zero-order chi connectivity index (χ0) is 14.6. The van der Waals surface area contributed by atoms with E-state index < -0.39 is 24.1 Å². The third-order valence-electron chi connectivity index (χ3n) is 3.84. The minimum absolute atomic E-state index is 0.0518. The monoisotopic (exact) mass is 281 g/mol. The molecule has 2 N–H and O–H groups in total. The van der Waals surface area contributed by atoms with Crippen LogP contribution in [0.4, 0.5) is 13.2 Å². The molecule has 0 aromatic heterocycles. The second-order valence-electron chi connectivity index (χ2n) is 5.64. The molecule has 0 bridgehead atoms. The Kier molecular flexibility index (Phi) is 5.64. The smallest absolute Gasteiger partial charge is 0.391 e. The van der Waals surface area contributed by atoms with Gasteiger partial charge in [0.05, 0.1) is 18.6 Å². The van der Waals surface area contributed by atoms with Crippen molar-refractivity contribution in [1.82, 2.24) is 5.32 Å². The molecule has 1 aliphatic rings. The lowest BCUT2D eigenvalue weighted by molar-refractivity contribution is -0.186. The molecule has 0 heterocycles. The fourth-order valence-corrected chi connectivity index (χ4v) is 2.45. The van der Waals surface area contributed by atoms with Gasteiger partial charge in [0.25, 0.3) is 0 Å². The Bertz CT molecular complexity index is 305. The number of hydrogen-bond donors (Lipinski definition) is 2. The highest BCUT2D eigenvalue weighted by atomic mass is 19.4. The Balaban J connectivity index is 2.57. The maximum Gasteiger partial charge on any atom is 0.391 e. The number of hydrogen-bond acceptors (Lipinski definition) is 2. The van der Waals surface area contributed by atoms with E-state index in [1.54, 1.807) is 0 Å². The molecule has 3 atom stereocenters. The molecule has 0 aliphatic heterocycles. The van der Waals surface area contributed by atoms with E-state index in [1.165, 1.54) is 0 Å². The molecule has 1 amide bonds. The number of halogens is 3. The summed E-state index contributed by atoms with van der Waals surface area (Å²) in [7, 11) is 0. The first-order valence-corrected chi connectivity index (χ1v) is 6.73. The molecule has 3 nitrogen and oxygen atoms in total. The minimum atomic E-state index is -4.21. The summed E-state index contributed by atoms with van der Waals surface area (Å²) in [5, 5.41) is 11.8. The first kappa shape index (κ1) is 16.3. The van der Waals surface area contributed by atoms with Crippen LogP contribution in [0.2, 0.25) is 0 Å². The number of alkyl halides is 3. The summed E-state index contributed by atoms with van der Waals surface area (Å²) in [6.45, 7) is 3.50. The lowest BCUT2D eigenvalue weighted by atomic mass is 9.80. The van der Waals surface area contributed by atoms with Crippen molar-refractivity contribution >= 4 is 5.91 Å². The number of aliphatic hydroxyl groups is 1. The second kappa shape index (κ2) is 6.59. The number of rotatable bonds is 4. The fourth-order valence-electron chi connectivity index (χ4n) is 2.45. The number of carbonyl (C=O) groups is 1. The van der Waals surface area contributed by atoms with Crippen molar-refractivity contribution < 1.29 is 23.1 Å². The van der Waals surface area contributed by atoms with Gasteiger partial charge in [0.1, 0.15) is 0 Å². The molecule has 1 rings (SSSR count). The van der Waals surface area contributed by atoms with Crippen LogP contribution in [0.25, 0.3) is 0 Å². The quantitative estimate of drug-likeness (QED) is 0.831. The summed E-state index contributed by atoms with van der Waals surface area (Å²) in [5.74, 6) is -2.27. The van der Waals surface area contributed by atoms with Crippen molar-refractivity contribution in [1.29, 1.82) is 0 Å². The van der Waals surface area contributed by atoms with Crippen molar-refractivity contribution in [2.45, 2.75) is 51.7 Å². The topological polar surface area (TPSA) is 49.3 Å². The van der Waals surface area contributed by atoms with Gasteiger partial charge in [-0.1, -0.05) is 20.3 Å². The van der Waals surface area contributed by atoms with Crippen LogP contribution in [0.5, 0.6) is 0 Å². The van der Waals surface area contributed by atoms with E-state index in [-0.39, 0.29) is 31.3 Å². The minimum Gasteiger partial charge on any atom is -0.394 e. The molecule has 1 fully saturated rings. The molecule has 1 aliphatic carbocycles. The summed E-state index contributed by atoms with van der Waals surface area (Å²) in [6, 6.07) is -0.390. The molecule has 0 aromatic carbocycles. The normalized spacial score (nSPS) is 26.3. The van der Waals surface area contributed by atoms with E-state index in [9.17, 15) is 18.0 Å². The van der Waals surface area contributed by atoms with E-state index in [0.29, 0.717) is 12.8 Å². The first-order valence-electron chi connectivity index (χ1n) is 6.73. The summed E-state index contributed by atoms with van der Waals surface area (Å²) >= 11 is 0. The second-order valence-corrected chi connectivity index (χ2v) is 5.64. The molecular formula is C13H22F3NO2. The van der Waals surface area contributed by atoms with E-state index in [0.717, 1.165) is 0 Å². The molecule has 0 aromatic rings. The Morgan fingerprint density at radius 1 is 1.37 bits per heavy atom. The fraction of sp³-hybridized carbons (Fsp3) is 0.923. The highest BCUT2D eigenvalue weighted by molar-refractivity contribution is 5.79. The summed E-state index contributed by atoms with van der Waals surface area (Å²) < 4.78 is 38.0. The van der Waals surface area contributed by atoms with Crippen LogP contribution in [0.1, 0.15) is 39.5 Å². The van der Waals surface area contributed by atoms with Crippen LogP contribution in [0.15, 0.2) is 0 Å². The maximum absolute atomic E-state index is 12.7. The zero-order valence-corrected chi connectivity index (χ0v) is 11.3. The number of aliphatic hydroxyl groups excluding tert-OH is 1. The Hall–Kier alpha value is -0.780. The lowest BCUT2D eigenvalue weighted by Crippen LogP contribution is -2.45. The van der Waals surface area contributed by atoms with Gasteiger partial charge < -0.3 is 10.4 Å². The molecule has 0 spiro atoms. The Morgan fingerprint density at radius 2 is 2.00 bits per heavy atom. The van der Waals surface area contributed by atoms with Crippen molar-refractivity contribution in [3.8, 4) is 0 Å². The largest absolute Gasteiger partial charge is 0.394 e. The van der Waals surface area contributed by atoms with Crippen LogP contribution in [-0.4, -0.2) is 29.8 Å². The summed E-state index contributed by atoms with van der Waals surface area (Å²) in [5.41, 5.74) is 0. The molecule has 1 saturated carbocycles. The third-order valence-corrected chi connectivity index (χ3v) is 3.84. The van der Waals surface area contributed by atoms with Gasteiger partial charge in [0.2, 0.25) is 5.91 Å². The van der Waals surface area contributed by atoms with Crippen LogP contribution in [0, 0.1) is 17.8 Å². The molecule has 112 valence electrons. The Labute approximate surface area is 111 Å². The SMILES string of the molecule is CC(C)C(CO)NC(=O)C1CCCC(C(F)(F)F)C1. The van der Waals surface area contributed by atoms with E-state index in [2.05, 4.69) is 5.32 Å². The highest BCUT2D eigenvalue weighted by Crippen LogP contribution is 2.39. The molecule has 6 heteroatoms. The highest BCUT2D eigenvalue weighted by Gasteiger charge is 2.43. The molecule has 3 unspecified atom stereocenters. The average Bonchev–Trinajstić information content (AvgIpc) is 2.34. The van der Waals surface area contributed by atoms with E-state index in [4.69, 9.17) is 5.11 Å². The number of carbonyl (C=O) groups excluding carboxylic acids is 1. The first-order chi connectivity index (χ1) is 8.75. The van der Waals surface area contributed by atoms with Gasteiger partial charge in [-0.3, -0.25) is 4.79 Å². The van der Waals surface area contributed by atoms with Gasteiger partial charge in [-0.25, -0.2) is 0 Å². The lowest BCUT2D eigenvalue weighted by Gasteiger charge is -2.31. The molecular weight excluding hydrogens is 259 g/mol. The molecule has 0 saturated heterocycles. The van der Waals surface area contributed by atoms with Crippen molar-refractivity contribution in [2.24, 2.45) is 17.8 Å². The van der Waals surface area contributed by atoms with Crippen molar-refractivity contribution in [3.63, 3.8) is 0 Å². The summed E-state index contributed by atoms with van der Waals surface area (Å²) in [6.07, 6.45) is -3.32.